The van der Waals surface area contributed by atoms with Crippen molar-refractivity contribution >= 4 is 11.7 Å². The minimum atomic E-state index is -0.220. The molecule has 23 heavy (non-hydrogen) atoms. The highest BCUT2D eigenvalue weighted by Crippen LogP contribution is 2.19. The van der Waals surface area contributed by atoms with Crippen LogP contribution in [-0.4, -0.2) is 49.2 Å². The fourth-order valence-electron chi connectivity index (χ4n) is 2.97. The van der Waals surface area contributed by atoms with Gasteiger partial charge in [-0.2, -0.15) is 0 Å². The summed E-state index contributed by atoms with van der Waals surface area (Å²) in [5.74, 6) is 1.24. The molecule has 1 fully saturated rings. The largest absolute Gasteiger partial charge is 0.480 e. The maximum Gasteiger partial charge on any atom is 0.319 e. The SMILES string of the molecule is COc1ncccc1NC(=O)NCCCCN1CCC[C@H](C)C1. The second-order valence-electron chi connectivity index (χ2n) is 6.20. The molecule has 2 rings (SSSR count). The van der Waals surface area contributed by atoms with E-state index in [0.717, 1.165) is 25.3 Å². The topological polar surface area (TPSA) is 66.5 Å². The Labute approximate surface area is 138 Å². The van der Waals surface area contributed by atoms with Gasteiger partial charge >= 0.3 is 6.03 Å². The van der Waals surface area contributed by atoms with Crippen molar-refractivity contribution in [2.45, 2.75) is 32.6 Å². The lowest BCUT2D eigenvalue weighted by atomic mass is 10.0. The first-order chi connectivity index (χ1) is 11.2. The number of amides is 2. The van der Waals surface area contributed by atoms with Crippen molar-refractivity contribution in [1.29, 1.82) is 0 Å². The van der Waals surface area contributed by atoms with E-state index in [0.29, 0.717) is 18.1 Å². The molecule has 0 radical (unpaired) electrons. The van der Waals surface area contributed by atoms with E-state index in [9.17, 15) is 4.79 Å². The average Bonchev–Trinajstić information content (AvgIpc) is 2.55. The van der Waals surface area contributed by atoms with Crippen molar-refractivity contribution in [2.24, 2.45) is 5.92 Å². The number of rotatable bonds is 7. The molecule has 6 heteroatoms. The number of likely N-dealkylation sites (tertiary alicyclic amines) is 1. The van der Waals surface area contributed by atoms with Crippen LogP contribution >= 0.6 is 0 Å². The van der Waals surface area contributed by atoms with Gasteiger partial charge < -0.3 is 20.3 Å². The fraction of sp³-hybridized carbons (Fsp3) is 0.647. The minimum absolute atomic E-state index is 0.220. The first kappa shape index (κ1) is 17.5. The highest BCUT2D eigenvalue weighted by molar-refractivity contribution is 5.90. The minimum Gasteiger partial charge on any atom is -0.480 e. The number of nitrogens with one attached hydrogen (secondary N) is 2. The summed E-state index contributed by atoms with van der Waals surface area (Å²) in [6.07, 6.45) is 6.40. The molecule has 1 atom stereocenters. The van der Waals surface area contributed by atoms with Crippen LogP contribution < -0.4 is 15.4 Å². The van der Waals surface area contributed by atoms with Gasteiger partial charge in [0.1, 0.15) is 5.69 Å². The van der Waals surface area contributed by atoms with E-state index in [2.05, 4.69) is 27.4 Å². The number of carbonyl (C=O) groups excluding carboxylic acids is 1. The molecule has 2 amide bonds. The van der Waals surface area contributed by atoms with Gasteiger partial charge in [0, 0.05) is 19.3 Å². The number of nitrogens with zero attached hydrogens (tertiary/aromatic N) is 2. The number of hydrogen-bond acceptors (Lipinski definition) is 4. The first-order valence-electron chi connectivity index (χ1n) is 8.45. The quantitative estimate of drug-likeness (QED) is 0.758. The molecular formula is C17H28N4O2. The molecule has 1 aliphatic rings. The van der Waals surface area contributed by atoms with Gasteiger partial charge in [-0.1, -0.05) is 6.92 Å². The molecule has 1 aliphatic heterocycles. The molecule has 1 aromatic heterocycles. The molecule has 0 saturated carbocycles. The summed E-state index contributed by atoms with van der Waals surface area (Å²) in [7, 11) is 1.53. The molecule has 2 heterocycles. The van der Waals surface area contributed by atoms with Crippen LogP contribution in [-0.2, 0) is 0 Å². The zero-order valence-electron chi connectivity index (χ0n) is 14.2. The van der Waals surface area contributed by atoms with E-state index in [4.69, 9.17) is 4.74 Å². The maximum absolute atomic E-state index is 11.9. The number of methoxy groups -OCH3 is 1. The number of aromatic nitrogens is 1. The van der Waals surface area contributed by atoms with Gasteiger partial charge in [0.2, 0.25) is 5.88 Å². The third kappa shape index (κ3) is 6.06. The van der Waals surface area contributed by atoms with E-state index >= 15 is 0 Å². The zero-order chi connectivity index (χ0) is 16.5. The van der Waals surface area contributed by atoms with E-state index in [-0.39, 0.29) is 6.03 Å². The van der Waals surface area contributed by atoms with Crippen LogP contribution in [0.1, 0.15) is 32.6 Å². The van der Waals surface area contributed by atoms with Gasteiger partial charge in [0.15, 0.2) is 0 Å². The number of urea groups is 1. The number of carbonyl (C=O) groups is 1. The van der Waals surface area contributed by atoms with E-state index in [1.807, 2.05) is 0 Å². The second-order valence-corrected chi connectivity index (χ2v) is 6.20. The number of ether oxygens (including phenoxy) is 1. The van der Waals surface area contributed by atoms with Gasteiger partial charge in [-0.15, -0.1) is 0 Å². The molecule has 1 saturated heterocycles. The van der Waals surface area contributed by atoms with Crippen molar-refractivity contribution < 1.29 is 9.53 Å². The van der Waals surface area contributed by atoms with Crippen molar-refractivity contribution in [2.75, 3.05) is 38.6 Å². The predicted molar refractivity (Wildman–Crippen MR) is 91.9 cm³/mol. The molecule has 0 aromatic carbocycles. The second kappa shape index (κ2) is 9.35. The molecule has 2 N–H and O–H groups in total. The van der Waals surface area contributed by atoms with Gasteiger partial charge in [0.25, 0.3) is 0 Å². The molecule has 6 nitrogen and oxygen atoms in total. The van der Waals surface area contributed by atoms with Crippen LogP contribution in [0.25, 0.3) is 0 Å². The predicted octanol–water partition coefficient (Wildman–Crippen LogP) is 2.72. The average molecular weight is 320 g/mol. The normalized spacial score (nSPS) is 18.4. The lowest BCUT2D eigenvalue weighted by molar-refractivity contribution is 0.181. The zero-order valence-corrected chi connectivity index (χ0v) is 14.2. The molecule has 0 unspecified atom stereocenters. The Morgan fingerprint density at radius 2 is 2.35 bits per heavy atom. The van der Waals surface area contributed by atoms with Crippen molar-refractivity contribution in [3.63, 3.8) is 0 Å². The highest BCUT2D eigenvalue weighted by Gasteiger charge is 2.15. The Balaban J connectivity index is 1.59. The fourth-order valence-corrected chi connectivity index (χ4v) is 2.97. The smallest absolute Gasteiger partial charge is 0.319 e. The Bertz CT molecular complexity index is 495. The molecule has 1 aromatic rings. The molecular weight excluding hydrogens is 292 g/mol. The summed E-state index contributed by atoms with van der Waals surface area (Å²) in [4.78, 5) is 18.5. The third-order valence-electron chi connectivity index (χ3n) is 4.14. The van der Waals surface area contributed by atoms with Crippen molar-refractivity contribution in [1.82, 2.24) is 15.2 Å². The monoisotopic (exact) mass is 320 g/mol. The van der Waals surface area contributed by atoms with Gasteiger partial charge in [-0.3, -0.25) is 0 Å². The van der Waals surface area contributed by atoms with Crippen LogP contribution in [0.4, 0.5) is 10.5 Å². The summed E-state index contributed by atoms with van der Waals surface area (Å²) in [5.41, 5.74) is 0.579. The Hall–Kier alpha value is -1.82. The van der Waals surface area contributed by atoms with Crippen LogP contribution in [0.2, 0.25) is 0 Å². The number of piperidine rings is 1. The summed E-state index contributed by atoms with van der Waals surface area (Å²) in [5, 5.41) is 5.64. The standard InChI is InChI=1S/C17H28N4O2/c1-14-7-6-12-21(13-14)11-4-3-9-19-17(22)20-15-8-5-10-18-16(15)23-2/h5,8,10,14H,3-4,6-7,9,11-13H2,1-2H3,(H2,19,20,22)/t14-/m0/s1. The Kier molecular flexibility index (Phi) is 7.13. The van der Waals surface area contributed by atoms with E-state index in [1.165, 1.54) is 33.0 Å². The number of hydrogen-bond donors (Lipinski definition) is 2. The lowest BCUT2D eigenvalue weighted by Gasteiger charge is -2.30. The lowest BCUT2D eigenvalue weighted by Crippen LogP contribution is -2.35. The van der Waals surface area contributed by atoms with Gasteiger partial charge in [0.05, 0.1) is 7.11 Å². The third-order valence-corrected chi connectivity index (χ3v) is 4.14. The molecule has 128 valence electrons. The summed E-state index contributed by atoms with van der Waals surface area (Å²) in [6, 6.07) is 3.31. The van der Waals surface area contributed by atoms with Crippen LogP contribution in [0.3, 0.4) is 0 Å². The number of unbranched alkanes of at least 4 members (excludes halogenated alkanes) is 1. The molecule has 0 aliphatic carbocycles. The highest BCUT2D eigenvalue weighted by atomic mass is 16.5. The number of anilines is 1. The van der Waals surface area contributed by atoms with E-state index in [1.54, 1.807) is 18.3 Å². The van der Waals surface area contributed by atoms with Crippen LogP contribution in [0, 0.1) is 5.92 Å². The first-order valence-corrected chi connectivity index (χ1v) is 8.45. The summed E-state index contributed by atoms with van der Waals surface area (Å²) < 4.78 is 5.11. The van der Waals surface area contributed by atoms with Crippen LogP contribution in [0.15, 0.2) is 18.3 Å². The summed E-state index contributed by atoms with van der Waals surface area (Å²) >= 11 is 0. The number of pyridine rings is 1. The Morgan fingerprint density at radius 3 is 3.13 bits per heavy atom. The van der Waals surface area contributed by atoms with Gasteiger partial charge in [-0.05, 0) is 56.8 Å². The summed E-state index contributed by atoms with van der Waals surface area (Å²) in [6.45, 7) is 6.57. The van der Waals surface area contributed by atoms with E-state index < -0.39 is 0 Å². The van der Waals surface area contributed by atoms with Crippen LogP contribution in [0.5, 0.6) is 5.88 Å². The van der Waals surface area contributed by atoms with Crippen molar-refractivity contribution in [3.05, 3.63) is 18.3 Å². The molecule has 0 spiro atoms. The van der Waals surface area contributed by atoms with Crippen molar-refractivity contribution in [3.8, 4) is 5.88 Å². The maximum atomic E-state index is 11.9. The molecule has 0 bridgehead atoms. The van der Waals surface area contributed by atoms with Gasteiger partial charge in [-0.25, -0.2) is 9.78 Å². The Morgan fingerprint density at radius 1 is 1.48 bits per heavy atom.